The van der Waals surface area contributed by atoms with Gasteiger partial charge in [-0.15, -0.1) is 0 Å². The maximum absolute atomic E-state index is 4.36. The van der Waals surface area contributed by atoms with Gasteiger partial charge in [0, 0.05) is 17.2 Å². The van der Waals surface area contributed by atoms with Gasteiger partial charge in [-0.1, -0.05) is 28.1 Å². The minimum atomic E-state index is 0.587. The topological polar surface area (TPSA) is 29.9 Å². The Morgan fingerprint density at radius 3 is 2.75 bits per heavy atom. The Bertz CT molecular complexity index is 536. The van der Waals surface area contributed by atoms with Crippen molar-refractivity contribution in [2.24, 2.45) is 5.92 Å². The molecule has 0 aliphatic heterocycles. The van der Waals surface area contributed by atoms with Crippen molar-refractivity contribution in [1.29, 1.82) is 0 Å². The minimum Gasteiger partial charge on any atom is -0.319 e. The monoisotopic (exact) mass is 335 g/mol. The van der Waals surface area contributed by atoms with E-state index in [1.165, 1.54) is 11.1 Å². The van der Waals surface area contributed by atoms with Crippen LogP contribution in [0.25, 0.3) is 0 Å². The van der Waals surface area contributed by atoms with Gasteiger partial charge in [-0.25, -0.2) is 0 Å². The fraction of sp³-hybridized carbons (Fsp3) is 0.438. The van der Waals surface area contributed by atoms with Crippen LogP contribution in [0, 0.1) is 5.92 Å². The van der Waals surface area contributed by atoms with Gasteiger partial charge in [0.25, 0.3) is 0 Å². The second-order valence-corrected chi connectivity index (χ2v) is 6.08. The smallest absolute Gasteiger partial charge is 0.0521 e. The third-order valence-corrected chi connectivity index (χ3v) is 3.93. The first-order chi connectivity index (χ1) is 9.71. The van der Waals surface area contributed by atoms with Crippen LogP contribution in [0.4, 0.5) is 0 Å². The Morgan fingerprint density at radius 2 is 2.10 bits per heavy atom. The van der Waals surface area contributed by atoms with Crippen molar-refractivity contribution < 1.29 is 0 Å². The summed E-state index contributed by atoms with van der Waals surface area (Å²) >= 11 is 3.54. The Balaban J connectivity index is 2.02. The van der Waals surface area contributed by atoms with Crippen molar-refractivity contribution in [1.82, 2.24) is 15.1 Å². The number of aryl methyl sites for hydroxylation is 1. The standard InChI is InChI=1S/C16H22BrN3/c1-3-20-12-15(11-19-20)8-14(10-18-2)7-13-5-4-6-16(17)9-13/h4-6,9,11-12,14,18H,3,7-8,10H2,1-2H3. The maximum atomic E-state index is 4.36. The van der Waals surface area contributed by atoms with Crippen molar-refractivity contribution in [2.45, 2.75) is 26.3 Å². The molecule has 0 aliphatic carbocycles. The largest absolute Gasteiger partial charge is 0.319 e. The zero-order valence-corrected chi connectivity index (χ0v) is 13.7. The van der Waals surface area contributed by atoms with E-state index >= 15 is 0 Å². The van der Waals surface area contributed by atoms with Crippen molar-refractivity contribution >= 4 is 15.9 Å². The molecule has 108 valence electrons. The van der Waals surface area contributed by atoms with Gasteiger partial charge < -0.3 is 5.32 Å². The Morgan fingerprint density at radius 1 is 1.30 bits per heavy atom. The predicted molar refractivity (Wildman–Crippen MR) is 86.9 cm³/mol. The quantitative estimate of drug-likeness (QED) is 0.841. The second kappa shape index (κ2) is 7.60. The number of benzene rings is 1. The molecule has 0 spiro atoms. The van der Waals surface area contributed by atoms with E-state index in [1.807, 2.05) is 17.9 Å². The molecule has 0 fully saturated rings. The van der Waals surface area contributed by atoms with E-state index in [0.29, 0.717) is 5.92 Å². The third-order valence-electron chi connectivity index (χ3n) is 3.44. The fourth-order valence-corrected chi connectivity index (χ4v) is 2.97. The van der Waals surface area contributed by atoms with Gasteiger partial charge in [0.15, 0.2) is 0 Å². The molecule has 0 amide bonds. The minimum absolute atomic E-state index is 0.587. The van der Waals surface area contributed by atoms with E-state index in [2.05, 4.69) is 63.7 Å². The van der Waals surface area contributed by atoms with Crippen molar-refractivity contribution in [2.75, 3.05) is 13.6 Å². The van der Waals surface area contributed by atoms with Crippen LogP contribution in [-0.4, -0.2) is 23.4 Å². The van der Waals surface area contributed by atoms with Crippen molar-refractivity contribution in [3.63, 3.8) is 0 Å². The summed E-state index contributed by atoms with van der Waals surface area (Å²) in [5.74, 6) is 0.587. The molecule has 0 saturated carbocycles. The summed E-state index contributed by atoms with van der Waals surface area (Å²) < 4.78 is 3.14. The molecule has 2 aromatic rings. The first-order valence-electron chi connectivity index (χ1n) is 7.11. The van der Waals surface area contributed by atoms with Crippen molar-refractivity contribution in [3.8, 4) is 0 Å². The Hall–Kier alpha value is -1.13. The summed E-state index contributed by atoms with van der Waals surface area (Å²) in [6, 6.07) is 8.58. The van der Waals surface area contributed by atoms with Crippen LogP contribution < -0.4 is 5.32 Å². The molecule has 1 unspecified atom stereocenters. The van der Waals surface area contributed by atoms with Crippen LogP contribution in [0.2, 0.25) is 0 Å². The first kappa shape index (κ1) is 15.3. The number of halogens is 1. The number of nitrogens with one attached hydrogen (secondary N) is 1. The molecule has 3 nitrogen and oxygen atoms in total. The van der Waals surface area contributed by atoms with Gasteiger partial charge in [-0.3, -0.25) is 4.68 Å². The highest BCUT2D eigenvalue weighted by Crippen LogP contribution is 2.17. The van der Waals surface area contributed by atoms with E-state index in [0.717, 1.165) is 30.4 Å². The van der Waals surface area contributed by atoms with Crippen LogP contribution in [-0.2, 0) is 19.4 Å². The van der Waals surface area contributed by atoms with Crippen LogP contribution in [0.15, 0.2) is 41.1 Å². The lowest BCUT2D eigenvalue weighted by molar-refractivity contribution is 0.493. The fourth-order valence-electron chi connectivity index (χ4n) is 2.52. The first-order valence-corrected chi connectivity index (χ1v) is 7.91. The molecular weight excluding hydrogens is 314 g/mol. The summed E-state index contributed by atoms with van der Waals surface area (Å²) in [6.07, 6.45) is 6.29. The van der Waals surface area contributed by atoms with Crippen molar-refractivity contribution in [3.05, 3.63) is 52.3 Å². The van der Waals surface area contributed by atoms with Crippen LogP contribution >= 0.6 is 15.9 Å². The average molecular weight is 336 g/mol. The molecular formula is C16H22BrN3. The van der Waals surface area contributed by atoms with E-state index in [1.54, 1.807) is 0 Å². The number of rotatable bonds is 7. The number of hydrogen-bond donors (Lipinski definition) is 1. The lowest BCUT2D eigenvalue weighted by Crippen LogP contribution is -2.22. The summed E-state index contributed by atoms with van der Waals surface area (Å²) in [4.78, 5) is 0. The van der Waals surface area contributed by atoms with Gasteiger partial charge >= 0.3 is 0 Å². The zero-order chi connectivity index (χ0) is 14.4. The molecule has 0 aliphatic rings. The summed E-state index contributed by atoms with van der Waals surface area (Å²) in [6.45, 7) is 4.06. The summed E-state index contributed by atoms with van der Waals surface area (Å²) in [7, 11) is 2.02. The normalized spacial score (nSPS) is 12.6. The number of nitrogens with zero attached hydrogens (tertiary/aromatic N) is 2. The average Bonchev–Trinajstić information content (AvgIpc) is 2.87. The van der Waals surface area contributed by atoms with Gasteiger partial charge in [0.2, 0.25) is 0 Å². The number of hydrogen-bond acceptors (Lipinski definition) is 2. The van der Waals surface area contributed by atoms with Crippen LogP contribution in [0.3, 0.4) is 0 Å². The van der Waals surface area contributed by atoms with Gasteiger partial charge in [0.1, 0.15) is 0 Å². The zero-order valence-electron chi connectivity index (χ0n) is 12.1. The van der Waals surface area contributed by atoms with Gasteiger partial charge in [-0.2, -0.15) is 5.10 Å². The molecule has 4 heteroatoms. The molecule has 2 rings (SSSR count). The Kier molecular flexibility index (Phi) is 5.80. The summed E-state index contributed by atoms with van der Waals surface area (Å²) in [5.41, 5.74) is 2.70. The molecule has 1 N–H and O–H groups in total. The highest BCUT2D eigenvalue weighted by Gasteiger charge is 2.11. The van der Waals surface area contributed by atoms with Gasteiger partial charge in [0.05, 0.1) is 6.20 Å². The van der Waals surface area contributed by atoms with Crippen LogP contribution in [0.5, 0.6) is 0 Å². The van der Waals surface area contributed by atoms with E-state index in [9.17, 15) is 0 Å². The van der Waals surface area contributed by atoms with E-state index < -0.39 is 0 Å². The lowest BCUT2D eigenvalue weighted by atomic mass is 9.94. The molecule has 0 radical (unpaired) electrons. The van der Waals surface area contributed by atoms with E-state index in [-0.39, 0.29) is 0 Å². The molecule has 0 saturated heterocycles. The summed E-state index contributed by atoms with van der Waals surface area (Å²) in [5, 5.41) is 7.66. The molecule has 1 heterocycles. The van der Waals surface area contributed by atoms with E-state index in [4.69, 9.17) is 0 Å². The SMILES string of the molecule is CCn1cc(CC(CNC)Cc2cccc(Br)c2)cn1. The number of aromatic nitrogens is 2. The molecule has 20 heavy (non-hydrogen) atoms. The predicted octanol–water partition coefficient (Wildman–Crippen LogP) is 3.29. The molecule has 0 bridgehead atoms. The molecule has 1 atom stereocenters. The third kappa shape index (κ3) is 4.46. The molecule has 1 aromatic carbocycles. The lowest BCUT2D eigenvalue weighted by Gasteiger charge is -2.16. The second-order valence-electron chi connectivity index (χ2n) is 5.17. The maximum Gasteiger partial charge on any atom is 0.0521 e. The van der Waals surface area contributed by atoms with Gasteiger partial charge in [-0.05, 0) is 62.5 Å². The highest BCUT2D eigenvalue weighted by molar-refractivity contribution is 9.10. The highest BCUT2D eigenvalue weighted by atomic mass is 79.9. The Labute approximate surface area is 129 Å². The van der Waals surface area contributed by atoms with Crippen LogP contribution in [0.1, 0.15) is 18.1 Å². The molecule has 1 aromatic heterocycles.